The molecule has 2 heteroatoms. The zero-order valence-corrected chi connectivity index (χ0v) is 10.6. The van der Waals surface area contributed by atoms with Gasteiger partial charge in [0.15, 0.2) is 5.75 Å². The van der Waals surface area contributed by atoms with Crippen LogP contribution >= 0.6 is 0 Å². The summed E-state index contributed by atoms with van der Waals surface area (Å²) >= 11 is 0. The maximum Gasteiger partial charge on any atom is 0.153 e. The lowest BCUT2D eigenvalue weighted by atomic mass is 9.99. The lowest BCUT2D eigenvalue weighted by Crippen LogP contribution is -2.09. The Kier molecular flexibility index (Phi) is 2.63. The summed E-state index contributed by atoms with van der Waals surface area (Å²) in [4.78, 5) is 4.77. The molecule has 0 fully saturated rings. The van der Waals surface area contributed by atoms with Crippen molar-refractivity contribution in [3.8, 4) is 11.5 Å². The van der Waals surface area contributed by atoms with Crippen LogP contribution in [0.25, 0.3) is 0 Å². The van der Waals surface area contributed by atoms with Gasteiger partial charge in [-0.15, -0.1) is 0 Å². The Bertz CT molecular complexity index is 614. The maximum atomic E-state index is 5.97. The lowest BCUT2D eigenvalue weighted by Gasteiger charge is -2.11. The van der Waals surface area contributed by atoms with Crippen molar-refractivity contribution in [1.82, 2.24) is 0 Å². The summed E-state index contributed by atoms with van der Waals surface area (Å²) in [6.45, 7) is 4.31. The molecule has 0 N–H and O–H groups in total. The van der Waals surface area contributed by atoms with Crippen LogP contribution in [-0.2, 0) is 0 Å². The molecule has 0 aliphatic carbocycles. The minimum Gasteiger partial charge on any atom is -0.454 e. The van der Waals surface area contributed by atoms with Crippen molar-refractivity contribution in [2.75, 3.05) is 0 Å². The molecule has 1 aliphatic heterocycles. The highest BCUT2D eigenvalue weighted by Crippen LogP contribution is 2.38. The van der Waals surface area contributed by atoms with Gasteiger partial charge >= 0.3 is 0 Å². The van der Waals surface area contributed by atoms with Crippen LogP contribution in [0, 0.1) is 5.92 Å². The van der Waals surface area contributed by atoms with Gasteiger partial charge in [0.1, 0.15) is 11.4 Å². The predicted octanol–water partition coefficient (Wildman–Crippen LogP) is 4.57. The number of fused-ring (bicyclic) bond motifs is 2. The van der Waals surface area contributed by atoms with Crippen molar-refractivity contribution in [3.05, 3.63) is 54.1 Å². The van der Waals surface area contributed by atoms with Crippen LogP contribution in [0.4, 0.5) is 5.69 Å². The molecule has 1 heterocycles. The molecule has 0 saturated heterocycles. The van der Waals surface area contributed by atoms with E-state index < -0.39 is 0 Å². The maximum absolute atomic E-state index is 5.97. The molecule has 0 amide bonds. The van der Waals surface area contributed by atoms with E-state index in [1.165, 1.54) is 0 Å². The van der Waals surface area contributed by atoms with Gasteiger partial charge in [-0.3, -0.25) is 0 Å². The smallest absolute Gasteiger partial charge is 0.153 e. The average molecular weight is 237 g/mol. The molecule has 0 bridgehead atoms. The molecule has 0 spiro atoms. The average Bonchev–Trinajstić information content (AvgIpc) is 2.55. The van der Waals surface area contributed by atoms with Gasteiger partial charge in [-0.2, -0.15) is 0 Å². The predicted molar refractivity (Wildman–Crippen MR) is 74.0 cm³/mol. The topological polar surface area (TPSA) is 21.6 Å². The third-order valence-electron chi connectivity index (χ3n) is 3.04. The number of hydrogen-bond acceptors (Lipinski definition) is 2. The molecule has 90 valence electrons. The second-order valence-electron chi connectivity index (χ2n) is 4.72. The summed E-state index contributed by atoms with van der Waals surface area (Å²) in [5.74, 6) is 2.07. The molecule has 2 aromatic carbocycles. The van der Waals surface area contributed by atoms with Crippen molar-refractivity contribution in [1.29, 1.82) is 0 Å². The van der Waals surface area contributed by atoms with Crippen molar-refractivity contribution >= 4 is 11.4 Å². The molecular weight excluding hydrogens is 222 g/mol. The quantitative estimate of drug-likeness (QED) is 0.712. The zero-order chi connectivity index (χ0) is 12.5. The summed E-state index contributed by atoms with van der Waals surface area (Å²) in [6, 6.07) is 16.0. The van der Waals surface area contributed by atoms with Crippen LogP contribution in [0.3, 0.4) is 0 Å². The molecule has 0 unspecified atom stereocenters. The first kappa shape index (κ1) is 11.0. The highest BCUT2D eigenvalue weighted by Gasteiger charge is 2.19. The first-order valence-electron chi connectivity index (χ1n) is 6.20. The molecule has 3 rings (SSSR count). The Morgan fingerprint density at radius 2 is 1.56 bits per heavy atom. The van der Waals surface area contributed by atoms with E-state index in [2.05, 4.69) is 19.9 Å². The molecule has 1 aliphatic rings. The molecule has 0 aromatic heterocycles. The molecular formula is C16H15NO. The third-order valence-corrected chi connectivity index (χ3v) is 3.04. The summed E-state index contributed by atoms with van der Waals surface area (Å²) in [6.07, 6.45) is 0. The fourth-order valence-corrected chi connectivity index (χ4v) is 2.15. The van der Waals surface area contributed by atoms with E-state index in [9.17, 15) is 0 Å². The monoisotopic (exact) mass is 237 g/mol. The molecule has 2 aromatic rings. The van der Waals surface area contributed by atoms with E-state index in [1.54, 1.807) is 0 Å². The molecule has 0 saturated carbocycles. The van der Waals surface area contributed by atoms with Gasteiger partial charge < -0.3 is 4.74 Å². The minimum atomic E-state index is 0.362. The van der Waals surface area contributed by atoms with Gasteiger partial charge in [-0.1, -0.05) is 38.1 Å². The Morgan fingerprint density at radius 3 is 2.33 bits per heavy atom. The van der Waals surface area contributed by atoms with E-state index in [4.69, 9.17) is 9.73 Å². The fourth-order valence-electron chi connectivity index (χ4n) is 2.15. The van der Waals surface area contributed by atoms with Crippen molar-refractivity contribution in [2.45, 2.75) is 13.8 Å². The van der Waals surface area contributed by atoms with Crippen LogP contribution in [0.2, 0.25) is 0 Å². The number of nitrogens with zero attached hydrogens (tertiary/aromatic N) is 1. The Labute approximate surface area is 107 Å². The highest BCUT2D eigenvalue weighted by atomic mass is 16.5. The van der Waals surface area contributed by atoms with Crippen molar-refractivity contribution in [3.63, 3.8) is 0 Å². The largest absolute Gasteiger partial charge is 0.454 e. The second-order valence-corrected chi connectivity index (χ2v) is 4.72. The van der Waals surface area contributed by atoms with E-state index in [0.29, 0.717) is 5.92 Å². The molecule has 18 heavy (non-hydrogen) atoms. The van der Waals surface area contributed by atoms with Crippen LogP contribution in [0.1, 0.15) is 19.4 Å². The molecule has 2 nitrogen and oxygen atoms in total. The highest BCUT2D eigenvalue weighted by molar-refractivity contribution is 6.06. The number of aliphatic imine (C=N–C) groups is 1. The zero-order valence-electron chi connectivity index (χ0n) is 10.6. The minimum absolute atomic E-state index is 0.362. The van der Waals surface area contributed by atoms with Crippen LogP contribution in [0.5, 0.6) is 11.5 Å². The van der Waals surface area contributed by atoms with Crippen LogP contribution < -0.4 is 4.74 Å². The van der Waals surface area contributed by atoms with Crippen LogP contribution in [0.15, 0.2) is 53.5 Å². The van der Waals surface area contributed by atoms with E-state index in [-0.39, 0.29) is 0 Å². The lowest BCUT2D eigenvalue weighted by molar-refractivity contribution is 0.484. The van der Waals surface area contributed by atoms with Gasteiger partial charge in [0, 0.05) is 5.56 Å². The summed E-state index contributed by atoms with van der Waals surface area (Å²) < 4.78 is 5.97. The summed E-state index contributed by atoms with van der Waals surface area (Å²) in [7, 11) is 0. The fraction of sp³-hybridized carbons (Fsp3) is 0.188. The second kappa shape index (κ2) is 4.30. The van der Waals surface area contributed by atoms with Crippen molar-refractivity contribution in [2.24, 2.45) is 10.9 Å². The van der Waals surface area contributed by atoms with Gasteiger partial charge in [0.25, 0.3) is 0 Å². The first-order valence-corrected chi connectivity index (χ1v) is 6.20. The number of benzene rings is 2. The van der Waals surface area contributed by atoms with Crippen LogP contribution in [-0.4, -0.2) is 5.71 Å². The van der Waals surface area contributed by atoms with Gasteiger partial charge in [-0.25, -0.2) is 4.99 Å². The van der Waals surface area contributed by atoms with Gasteiger partial charge in [-0.05, 0) is 30.2 Å². The molecule has 0 atom stereocenters. The number of rotatable bonds is 1. The summed E-state index contributed by atoms with van der Waals surface area (Å²) in [5, 5.41) is 0. The number of para-hydroxylation sites is 3. The Hall–Kier alpha value is -2.09. The van der Waals surface area contributed by atoms with Gasteiger partial charge in [0.2, 0.25) is 0 Å². The Balaban J connectivity index is 2.26. The molecule has 0 radical (unpaired) electrons. The normalized spacial score (nSPS) is 13.2. The van der Waals surface area contributed by atoms with E-state index in [0.717, 1.165) is 28.5 Å². The number of hydrogen-bond donors (Lipinski definition) is 0. The van der Waals surface area contributed by atoms with Crippen molar-refractivity contribution < 1.29 is 4.74 Å². The van der Waals surface area contributed by atoms with E-state index in [1.807, 2.05) is 42.5 Å². The number of ether oxygens (including phenoxy) is 1. The SMILES string of the molecule is CC(C)C1=Nc2ccccc2Oc2ccccc21. The first-order chi connectivity index (χ1) is 8.75. The van der Waals surface area contributed by atoms with Gasteiger partial charge in [0.05, 0.1) is 5.71 Å². The standard InChI is InChI=1S/C16H15NO/c1-11(2)16-12-7-3-5-9-14(12)18-15-10-6-4-8-13(15)17-16/h3-11H,1-2H3. The summed E-state index contributed by atoms with van der Waals surface area (Å²) in [5.41, 5.74) is 3.07. The third kappa shape index (κ3) is 1.80. The van der Waals surface area contributed by atoms with E-state index >= 15 is 0 Å². The Morgan fingerprint density at radius 1 is 0.889 bits per heavy atom.